The normalized spacial score (nSPS) is 14.7. The second-order valence-corrected chi connectivity index (χ2v) is 29.1. The molecule has 0 amide bonds. The van der Waals surface area contributed by atoms with E-state index in [2.05, 4.69) is 180 Å². The second kappa shape index (κ2) is 77.6. The third-order valence-electron chi connectivity index (χ3n) is 16.2. The molecular formula is C87H142O17P2. The predicted octanol–water partition coefficient (Wildman–Crippen LogP) is 23.8. The Balaban J connectivity index is 5.44. The number of esters is 4. The highest BCUT2D eigenvalue weighted by Crippen LogP contribution is 2.45. The fraction of sp³-hybridized carbons (Fsp3) is 0.632. The van der Waals surface area contributed by atoms with Crippen LogP contribution >= 0.6 is 15.6 Å². The largest absolute Gasteiger partial charge is 0.472 e. The molecule has 0 fully saturated rings. The number of allylic oxidation sites excluding steroid dienone is 28. The molecule has 0 bridgehead atoms. The Kier molecular flexibility index (Phi) is 73.5. The monoisotopic (exact) mass is 1520 g/mol. The zero-order valence-electron chi connectivity index (χ0n) is 65.8. The summed E-state index contributed by atoms with van der Waals surface area (Å²) in [6.45, 7) is 4.37. The molecule has 0 spiro atoms. The van der Waals surface area contributed by atoms with Crippen molar-refractivity contribution in [3.05, 3.63) is 170 Å². The molecule has 5 unspecified atom stereocenters. The van der Waals surface area contributed by atoms with Crippen LogP contribution in [-0.4, -0.2) is 96.7 Å². The smallest absolute Gasteiger partial charge is 0.462 e. The van der Waals surface area contributed by atoms with E-state index in [0.29, 0.717) is 32.1 Å². The molecule has 0 radical (unpaired) electrons. The lowest BCUT2D eigenvalue weighted by Crippen LogP contribution is -2.30. The lowest BCUT2D eigenvalue weighted by atomic mass is 10.1. The first-order valence-corrected chi connectivity index (χ1v) is 43.4. The zero-order chi connectivity index (χ0) is 77.4. The summed E-state index contributed by atoms with van der Waals surface area (Å²) in [5, 5.41) is 10.6. The number of phosphoric acid groups is 2. The molecule has 0 aromatic heterocycles. The van der Waals surface area contributed by atoms with E-state index in [1.165, 1.54) is 12.8 Å². The van der Waals surface area contributed by atoms with Crippen molar-refractivity contribution in [2.75, 3.05) is 39.6 Å². The number of hydrogen-bond acceptors (Lipinski definition) is 15. The molecule has 0 heterocycles. The van der Waals surface area contributed by atoms with Crippen molar-refractivity contribution in [2.24, 2.45) is 0 Å². The lowest BCUT2D eigenvalue weighted by molar-refractivity contribution is -0.161. The van der Waals surface area contributed by atoms with Crippen LogP contribution in [0.3, 0.4) is 0 Å². The van der Waals surface area contributed by atoms with E-state index in [4.69, 9.17) is 37.0 Å². The van der Waals surface area contributed by atoms with Crippen LogP contribution in [0.1, 0.15) is 297 Å². The summed E-state index contributed by atoms with van der Waals surface area (Å²) in [6.07, 6.45) is 92.0. The number of carbonyl (C=O) groups is 4. The van der Waals surface area contributed by atoms with Crippen molar-refractivity contribution in [1.82, 2.24) is 0 Å². The first-order valence-electron chi connectivity index (χ1n) is 40.4. The summed E-state index contributed by atoms with van der Waals surface area (Å²) < 4.78 is 68.5. The summed E-state index contributed by atoms with van der Waals surface area (Å²) >= 11 is 0. The molecule has 0 aliphatic rings. The molecule has 106 heavy (non-hydrogen) atoms. The van der Waals surface area contributed by atoms with E-state index < -0.39 is 97.5 Å². The van der Waals surface area contributed by atoms with Crippen LogP contribution in [0.4, 0.5) is 0 Å². The number of aliphatic hydroxyl groups excluding tert-OH is 1. The number of ether oxygens (including phenoxy) is 4. The van der Waals surface area contributed by atoms with Crippen LogP contribution in [0.2, 0.25) is 0 Å². The number of aliphatic hydroxyl groups is 1. The van der Waals surface area contributed by atoms with Crippen molar-refractivity contribution < 1.29 is 80.2 Å². The summed E-state index contributed by atoms with van der Waals surface area (Å²) in [6, 6.07) is 0. The topological polar surface area (TPSA) is 237 Å². The summed E-state index contributed by atoms with van der Waals surface area (Å²) in [5.74, 6) is -2.32. The van der Waals surface area contributed by atoms with Crippen molar-refractivity contribution >= 4 is 39.5 Å². The Labute approximate surface area is 642 Å². The van der Waals surface area contributed by atoms with Crippen LogP contribution in [0.5, 0.6) is 0 Å². The molecule has 0 saturated heterocycles. The standard InChI is InChI=1S/C87H142O17P2/c1-5-9-13-17-21-25-29-32-35-38-40-43-46-49-53-56-60-64-68-72-85(90)98-78-83(104-87(92)74-70-66-62-58-54-50-47-44-41-39-36-33-30-26-22-18-14-10-6-2)80-102-106(95,96)100-76-81(88)75-99-105(93,94)101-79-82(103-86(91)73-69-65-61-57-51-28-24-20-16-12-8-4)77-97-84(89)71-67-63-59-55-52-48-45-42-37-34-31-27-23-19-15-11-7-3/h9-11,13-15,20-27,32-37,40-41,43-44,49,53,60,64,81-83,88H,5-8,12,16-19,28-31,38-39,42,45-48,50-52,54-59,61-63,65-80H2,1-4H3,(H,93,94)(H,95,96)/b13-9-,14-10-,15-11-,24-20-,25-21-,26-22-,27-23-,35-32-,36-33-,37-34-,43-40-,44-41-,53-49-,64-60-. The molecule has 602 valence electrons. The molecule has 0 aromatic carbocycles. The van der Waals surface area contributed by atoms with Gasteiger partial charge in [0.05, 0.1) is 26.4 Å². The molecule has 0 saturated carbocycles. The van der Waals surface area contributed by atoms with Crippen LogP contribution < -0.4 is 0 Å². The van der Waals surface area contributed by atoms with Gasteiger partial charge in [0.2, 0.25) is 0 Å². The molecule has 0 rings (SSSR count). The summed E-state index contributed by atoms with van der Waals surface area (Å²) in [7, 11) is -10.00. The molecule has 0 aliphatic heterocycles. The second-order valence-electron chi connectivity index (χ2n) is 26.2. The maximum absolute atomic E-state index is 13.1. The van der Waals surface area contributed by atoms with Gasteiger partial charge in [-0.1, -0.05) is 288 Å². The Bertz CT molecular complexity index is 2680. The average Bonchev–Trinajstić information content (AvgIpc) is 0.901. The van der Waals surface area contributed by atoms with Gasteiger partial charge in [-0.15, -0.1) is 0 Å². The molecule has 19 heteroatoms. The average molecular weight is 1520 g/mol. The van der Waals surface area contributed by atoms with Gasteiger partial charge in [-0.25, -0.2) is 9.13 Å². The molecule has 3 N–H and O–H groups in total. The molecular weight excluding hydrogens is 1380 g/mol. The van der Waals surface area contributed by atoms with E-state index in [0.717, 1.165) is 199 Å². The fourth-order valence-corrected chi connectivity index (χ4v) is 11.7. The first kappa shape index (κ1) is 100. The van der Waals surface area contributed by atoms with Crippen LogP contribution in [0.25, 0.3) is 0 Å². The quantitative estimate of drug-likeness (QED) is 0.0169. The van der Waals surface area contributed by atoms with Gasteiger partial charge in [0.25, 0.3) is 0 Å². The summed E-state index contributed by atoms with van der Waals surface area (Å²) in [5.41, 5.74) is 0. The summed E-state index contributed by atoms with van der Waals surface area (Å²) in [4.78, 5) is 73.0. The van der Waals surface area contributed by atoms with E-state index in [9.17, 15) is 43.2 Å². The molecule has 5 atom stereocenters. The first-order chi connectivity index (χ1) is 51.7. The minimum Gasteiger partial charge on any atom is -0.462 e. The SMILES string of the molecule is CC/C=C\C/C=C\C/C=C\C/C=C\C/C=C\C/C=C\CCC(=O)OCC(COP(=O)(O)OCC(O)COP(=O)(O)OCC(COC(=O)CCCCCCCCC/C=C\C/C=C\C/C=C\CC)OC(=O)CCCCCCC/C=C\CCCC)OC(=O)CCCCCCCC/C=C\C/C=C\C/C=C\C/C=C\CC. The van der Waals surface area contributed by atoms with Crippen LogP contribution in [0, 0.1) is 0 Å². The van der Waals surface area contributed by atoms with E-state index in [1.807, 2.05) is 18.2 Å². The van der Waals surface area contributed by atoms with Crippen LogP contribution in [-0.2, 0) is 65.4 Å². The maximum Gasteiger partial charge on any atom is 0.472 e. The minimum atomic E-state index is -5.01. The van der Waals surface area contributed by atoms with E-state index in [1.54, 1.807) is 0 Å². The van der Waals surface area contributed by atoms with E-state index >= 15 is 0 Å². The van der Waals surface area contributed by atoms with Gasteiger partial charge in [0, 0.05) is 25.7 Å². The molecule has 0 aliphatic carbocycles. The van der Waals surface area contributed by atoms with Gasteiger partial charge in [-0.2, -0.15) is 0 Å². The van der Waals surface area contributed by atoms with Gasteiger partial charge in [-0.05, 0) is 154 Å². The van der Waals surface area contributed by atoms with Gasteiger partial charge in [0.1, 0.15) is 19.3 Å². The zero-order valence-corrected chi connectivity index (χ0v) is 67.6. The molecule has 17 nitrogen and oxygen atoms in total. The number of carbonyl (C=O) groups excluding carboxylic acids is 4. The van der Waals surface area contributed by atoms with Gasteiger partial charge in [-0.3, -0.25) is 37.3 Å². The van der Waals surface area contributed by atoms with Crippen molar-refractivity contribution in [3.63, 3.8) is 0 Å². The number of rotatable bonds is 74. The third-order valence-corrected chi connectivity index (χ3v) is 18.1. The minimum absolute atomic E-state index is 0.0269. The van der Waals surface area contributed by atoms with Crippen molar-refractivity contribution in [1.29, 1.82) is 0 Å². The van der Waals surface area contributed by atoms with Crippen molar-refractivity contribution in [2.45, 2.75) is 316 Å². The van der Waals surface area contributed by atoms with Gasteiger partial charge >= 0.3 is 39.5 Å². The Hall–Kier alpha value is -5.58. The highest BCUT2D eigenvalue weighted by atomic mass is 31.2. The Morgan fingerprint density at radius 2 is 0.509 bits per heavy atom. The molecule has 0 aromatic rings. The predicted molar refractivity (Wildman–Crippen MR) is 436 cm³/mol. The fourth-order valence-electron chi connectivity index (χ4n) is 10.1. The lowest BCUT2D eigenvalue weighted by Gasteiger charge is -2.21. The number of phosphoric ester groups is 2. The highest BCUT2D eigenvalue weighted by molar-refractivity contribution is 7.47. The number of unbranched alkanes of at least 4 members (excludes halogenated alkanes) is 20. The van der Waals surface area contributed by atoms with Gasteiger partial charge < -0.3 is 33.8 Å². The third kappa shape index (κ3) is 76.6. The van der Waals surface area contributed by atoms with Crippen molar-refractivity contribution in [3.8, 4) is 0 Å². The maximum atomic E-state index is 13.1. The van der Waals surface area contributed by atoms with Gasteiger partial charge in [0.15, 0.2) is 12.2 Å². The number of hydrogen-bond donors (Lipinski definition) is 3. The Morgan fingerprint density at radius 3 is 0.821 bits per heavy atom. The Morgan fingerprint density at radius 1 is 0.274 bits per heavy atom. The highest BCUT2D eigenvalue weighted by Gasteiger charge is 2.30. The van der Waals surface area contributed by atoms with Crippen LogP contribution in [0.15, 0.2) is 170 Å². The van der Waals surface area contributed by atoms with E-state index in [-0.39, 0.29) is 25.7 Å².